The monoisotopic (exact) mass is 256 g/mol. The van der Waals surface area contributed by atoms with Crippen LogP contribution in [0, 0.1) is 0 Å². The first kappa shape index (κ1) is 12.5. The van der Waals surface area contributed by atoms with Crippen LogP contribution in [0.15, 0.2) is 30.3 Å². The van der Waals surface area contributed by atoms with Crippen molar-refractivity contribution in [2.45, 2.75) is 30.6 Å². The summed E-state index contributed by atoms with van der Waals surface area (Å²) in [5, 5.41) is 0. The number of rotatable bonds is 6. The lowest BCUT2D eigenvalue weighted by Gasteiger charge is -2.11. The normalized spacial score (nSPS) is 17.9. The molecule has 1 fully saturated rings. The molecule has 1 aliphatic rings. The van der Waals surface area contributed by atoms with E-state index in [-0.39, 0.29) is 0 Å². The number of hydrogen-bond acceptors (Lipinski definition) is 3. The average molecular weight is 256 g/mol. The second-order valence-electron chi connectivity index (χ2n) is 4.45. The van der Waals surface area contributed by atoms with Crippen LogP contribution in [0.4, 0.5) is 0 Å². The highest BCUT2D eigenvalue weighted by molar-refractivity contribution is 7.87. The molecule has 0 atom stereocenters. The minimum Gasteiger partial charge on any atom is -0.377 e. The third kappa shape index (κ3) is 3.06. The molecule has 0 aromatic heterocycles. The SMILES string of the molecule is O=S(=O)(O)C1(CCOCc2ccccc2)CC1. The minimum atomic E-state index is -3.92. The van der Waals surface area contributed by atoms with Crippen LogP contribution in [-0.4, -0.2) is 24.3 Å². The van der Waals surface area contributed by atoms with Gasteiger partial charge >= 0.3 is 0 Å². The Balaban J connectivity index is 1.75. The summed E-state index contributed by atoms with van der Waals surface area (Å²) in [6.45, 7) is 0.830. The molecule has 0 saturated heterocycles. The van der Waals surface area contributed by atoms with Crippen molar-refractivity contribution in [3.63, 3.8) is 0 Å². The van der Waals surface area contributed by atoms with Crippen molar-refractivity contribution >= 4 is 10.1 Å². The van der Waals surface area contributed by atoms with Crippen molar-refractivity contribution < 1.29 is 17.7 Å². The zero-order valence-corrected chi connectivity index (χ0v) is 10.3. The van der Waals surface area contributed by atoms with Crippen molar-refractivity contribution in [1.29, 1.82) is 0 Å². The molecule has 1 aromatic carbocycles. The highest BCUT2D eigenvalue weighted by Gasteiger charge is 2.53. The van der Waals surface area contributed by atoms with Gasteiger partial charge in [-0.05, 0) is 24.8 Å². The highest BCUT2D eigenvalue weighted by atomic mass is 32.2. The van der Waals surface area contributed by atoms with Crippen LogP contribution < -0.4 is 0 Å². The van der Waals surface area contributed by atoms with E-state index < -0.39 is 14.9 Å². The Morgan fingerprint density at radius 3 is 2.41 bits per heavy atom. The van der Waals surface area contributed by atoms with E-state index in [2.05, 4.69) is 0 Å². The summed E-state index contributed by atoms with van der Waals surface area (Å²) in [5.41, 5.74) is 1.06. The summed E-state index contributed by atoms with van der Waals surface area (Å²) in [6.07, 6.45) is 1.46. The lowest BCUT2D eigenvalue weighted by molar-refractivity contribution is 0.116. The van der Waals surface area contributed by atoms with Crippen LogP contribution in [0.3, 0.4) is 0 Å². The van der Waals surface area contributed by atoms with Crippen LogP contribution >= 0.6 is 0 Å². The molecule has 17 heavy (non-hydrogen) atoms. The maximum absolute atomic E-state index is 11.1. The summed E-state index contributed by atoms with van der Waals surface area (Å²) in [5.74, 6) is 0. The topological polar surface area (TPSA) is 63.6 Å². The van der Waals surface area contributed by atoms with Crippen LogP contribution in [-0.2, 0) is 21.5 Å². The second-order valence-corrected chi connectivity index (χ2v) is 6.26. The van der Waals surface area contributed by atoms with Gasteiger partial charge in [0.15, 0.2) is 0 Å². The zero-order valence-electron chi connectivity index (χ0n) is 9.50. The van der Waals surface area contributed by atoms with Gasteiger partial charge in [-0.1, -0.05) is 30.3 Å². The molecule has 0 unspecified atom stereocenters. The Bertz CT molecular complexity index is 463. The molecule has 0 bridgehead atoms. The van der Waals surface area contributed by atoms with Crippen molar-refractivity contribution in [2.75, 3.05) is 6.61 Å². The van der Waals surface area contributed by atoms with Gasteiger partial charge in [0, 0.05) is 6.61 Å². The van der Waals surface area contributed by atoms with E-state index in [9.17, 15) is 8.42 Å². The summed E-state index contributed by atoms with van der Waals surface area (Å²) in [4.78, 5) is 0. The first-order valence-corrected chi connectivity index (χ1v) is 7.06. The van der Waals surface area contributed by atoms with Crippen molar-refractivity contribution in [3.05, 3.63) is 35.9 Å². The van der Waals surface area contributed by atoms with Crippen LogP contribution in [0.2, 0.25) is 0 Å². The third-order valence-corrected chi connectivity index (χ3v) is 4.88. The van der Waals surface area contributed by atoms with Gasteiger partial charge in [0.05, 0.1) is 11.4 Å². The standard InChI is InChI=1S/C12H16O4S/c13-17(14,15)12(6-7-12)8-9-16-10-11-4-2-1-3-5-11/h1-5H,6-10H2,(H,13,14,15). The Morgan fingerprint density at radius 2 is 1.88 bits per heavy atom. The summed E-state index contributed by atoms with van der Waals surface area (Å²) in [7, 11) is -3.92. The molecule has 1 aromatic rings. The lowest BCUT2D eigenvalue weighted by Crippen LogP contribution is -2.24. The predicted octanol–water partition coefficient (Wildman–Crippen LogP) is 2.01. The Labute approximate surface area is 101 Å². The van der Waals surface area contributed by atoms with E-state index in [1.807, 2.05) is 30.3 Å². The Kier molecular flexibility index (Phi) is 3.51. The molecule has 94 valence electrons. The van der Waals surface area contributed by atoms with E-state index in [1.54, 1.807) is 0 Å². The molecule has 1 saturated carbocycles. The number of ether oxygens (including phenoxy) is 1. The van der Waals surface area contributed by atoms with Gasteiger partial charge in [0.25, 0.3) is 10.1 Å². The van der Waals surface area contributed by atoms with Gasteiger partial charge in [-0.15, -0.1) is 0 Å². The quantitative estimate of drug-likeness (QED) is 0.624. The number of hydrogen-bond donors (Lipinski definition) is 1. The van der Waals surface area contributed by atoms with Gasteiger partial charge in [0.1, 0.15) is 0 Å². The molecule has 4 nitrogen and oxygen atoms in total. The minimum absolute atomic E-state index is 0.356. The van der Waals surface area contributed by atoms with E-state index in [1.165, 1.54) is 0 Å². The van der Waals surface area contributed by atoms with E-state index in [4.69, 9.17) is 9.29 Å². The van der Waals surface area contributed by atoms with Crippen LogP contribution in [0.1, 0.15) is 24.8 Å². The van der Waals surface area contributed by atoms with E-state index >= 15 is 0 Å². The van der Waals surface area contributed by atoms with E-state index in [0.29, 0.717) is 32.5 Å². The van der Waals surface area contributed by atoms with Gasteiger partial charge in [-0.25, -0.2) is 0 Å². The molecular formula is C12H16O4S. The molecule has 1 N–H and O–H groups in total. The molecule has 1 aliphatic carbocycles. The first-order valence-electron chi connectivity index (χ1n) is 5.62. The van der Waals surface area contributed by atoms with Gasteiger partial charge in [-0.3, -0.25) is 4.55 Å². The fourth-order valence-corrected chi connectivity index (χ4v) is 2.76. The van der Waals surface area contributed by atoms with Gasteiger partial charge < -0.3 is 4.74 Å². The molecule has 0 heterocycles. The smallest absolute Gasteiger partial charge is 0.270 e. The highest BCUT2D eigenvalue weighted by Crippen LogP contribution is 2.45. The van der Waals surface area contributed by atoms with Crippen molar-refractivity contribution in [2.24, 2.45) is 0 Å². The molecular weight excluding hydrogens is 240 g/mol. The van der Waals surface area contributed by atoms with Gasteiger partial charge in [0.2, 0.25) is 0 Å². The largest absolute Gasteiger partial charge is 0.377 e. The maximum atomic E-state index is 11.1. The first-order chi connectivity index (χ1) is 8.04. The molecule has 0 amide bonds. The maximum Gasteiger partial charge on any atom is 0.270 e. The summed E-state index contributed by atoms with van der Waals surface area (Å²) < 4.78 is 35.7. The zero-order chi connectivity index (χ0) is 12.4. The van der Waals surface area contributed by atoms with Crippen molar-refractivity contribution in [3.8, 4) is 0 Å². The molecule has 0 spiro atoms. The van der Waals surface area contributed by atoms with Crippen molar-refractivity contribution in [1.82, 2.24) is 0 Å². The molecule has 0 aliphatic heterocycles. The Hall–Kier alpha value is -0.910. The number of benzene rings is 1. The second kappa shape index (κ2) is 4.76. The van der Waals surface area contributed by atoms with E-state index in [0.717, 1.165) is 5.56 Å². The van der Waals surface area contributed by atoms with Gasteiger partial charge in [-0.2, -0.15) is 8.42 Å². The third-order valence-electron chi connectivity index (χ3n) is 3.17. The molecule has 5 heteroatoms. The summed E-state index contributed by atoms with van der Waals surface area (Å²) >= 11 is 0. The lowest BCUT2D eigenvalue weighted by atomic mass is 10.2. The Morgan fingerprint density at radius 1 is 1.24 bits per heavy atom. The fourth-order valence-electron chi connectivity index (χ4n) is 1.80. The predicted molar refractivity (Wildman–Crippen MR) is 64.2 cm³/mol. The molecule has 2 rings (SSSR count). The fraction of sp³-hybridized carbons (Fsp3) is 0.500. The van der Waals surface area contributed by atoms with Crippen LogP contribution in [0.5, 0.6) is 0 Å². The van der Waals surface area contributed by atoms with Crippen LogP contribution in [0.25, 0.3) is 0 Å². The average Bonchev–Trinajstić information content (AvgIpc) is 3.06. The molecule has 0 radical (unpaired) electrons. The summed E-state index contributed by atoms with van der Waals surface area (Å²) in [6, 6.07) is 9.70.